The van der Waals surface area contributed by atoms with Crippen molar-refractivity contribution in [2.24, 2.45) is 5.16 Å². The minimum absolute atomic E-state index is 0.153. The van der Waals surface area contributed by atoms with E-state index in [0.29, 0.717) is 13.1 Å². The number of aliphatic hydroxyl groups is 1. The van der Waals surface area contributed by atoms with Crippen molar-refractivity contribution in [2.75, 3.05) is 26.8 Å². The molecule has 0 aromatic carbocycles. The van der Waals surface area contributed by atoms with Crippen LogP contribution in [0.25, 0.3) is 0 Å². The third-order valence-electron chi connectivity index (χ3n) is 0.917. The molecule has 0 saturated carbocycles. The molecule has 0 radical (unpaired) electrons. The zero-order chi connectivity index (χ0) is 7.82. The lowest BCUT2D eigenvalue weighted by atomic mass is 10.4. The average Bonchev–Trinajstić information content (AvgIpc) is 1.89. The summed E-state index contributed by atoms with van der Waals surface area (Å²) in [5, 5.41) is 15.0. The Morgan fingerprint density at radius 2 is 2.40 bits per heavy atom. The van der Waals surface area contributed by atoms with Crippen molar-refractivity contribution in [1.29, 1.82) is 0 Å². The van der Waals surface area contributed by atoms with E-state index >= 15 is 0 Å². The molecule has 4 heteroatoms. The van der Waals surface area contributed by atoms with Gasteiger partial charge in [0.25, 0.3) is 0 Å². The molecule has 0 aliphatic rings. The topological polar surface area (TPSA) is 53.8 Å². The Bertz CT molecular complexity index is 104. The molecule has 0 aliphatic carbocycles. The molecule has 0 heterocycles. The first-order valence-corrected chi connectivity index (χ1v) is 3.19. The number of rotatable bonds is 5. The highest BCUT2D eigenvalue weighted by atomic mass is 16.6. The maximum Gasteiger partial charge on any atom is 0.106 e. The van der Waals surface area contributed by atoms with Crippen molar-refractivity contribution < 1.29 is 9.94 Å². The summed E-state index contributed by atoms with van der Waals surface area (Å²) < 4.78 is 0. The van der Waals surface area contributed by atoms with E-state index in [0.717, 1.165) is 5.71 Å². The molecular formula is C6H14N2O2. The SMILES string of the molecule is CO/N=C(/C)CNCCO. The number of oxime groups is 1. The molecule has 0 bridgehead atoms. The standard InChI is InChI=1S/C6H14N2O2/c1-6(8-10-2)5-7-3-4-9/h7,9H,3-5H2,1-2H3/b8-6-. The quantitative estimate of drug-likeness (QED) is 0.315. The molecule has 0 aromatic rings. The zero-order valence-corrected chi connectivity index (χ0v) is 6.42. The van der Waals surface area contributed by atoms with Gasteiger partial charge in [-0.25, -0.2) is 0 Å². The third-order valence-corrected chi connectivity index (χ3v) is 0.917. The van der Waals surface area contributed by atoms with Gasteiger partial charge in [0.2, 0.25) is 0 Å². The Hall–Kier alpha value is -0.610. The lowest BCUT2D eigenvalue weighted by Gasteiger charge is -1.99. The summed E-state index contributed by atoms with van der Waals surface area (Å²) in [5.41, 5.74) is 0.871. The van der Waals surface area contributed by atoms with Gasteiger partial charge in [-0.1, -0.05) is 5.16 Å². The molecule has 2 N–H and O–H groups in total. The summed E-state index contributed by atoms with van der Waals surface area (Å²) in [6.07, 6.45) is 0. The van der Waals surface area contributed by atoms with E-state index in [4.69, 9.17) is 5.11 Å². The molecule has 4 nitrogen and oxygen atoms in total. The number of nitrogens with one attached hydrogen (secondary N) is 1. The molecule has 0 saturated heterocycles. The Morgan fingerprint density at radius 1 is 1.70 bits per heavy atom. The van der Waals surface area contributed by atoms with Gasteiger partial charge in [-0.3, -0.25) is 0 Å². The van der Waals surface area contributed by atoms with Crippen LogP contribution in [0.4, 0.5) is 0 Å². The van der Waals surface area contributed by atoms with Gasteiger partial charge in [-0.15, -0.1) is 0 Å². The summed E-state index contributed by atoms with van der Waals surface area (Å²) in [5.74, 6) is 0. The lowest BCUT2D eigenvalue weighted by Crippen LogP contribution is -2.24. The summed E-state index contributed by atoms with van der Waals surface area (Å²) in [6, 6.07) is 0. The maximum atomic E-state index is 8.38. The first-order chi connectivity index (χ1) is 4.81. The van der Waals surface area contributed by atoms with Crippen LogP contribution in [-0.2, 0) is 4.84 Å². The second kappa shape index (κ2) is 6.51. The van der Waals surface area contributed by atoms with Crippen LogP contribution < -0.4 is 5.32 Å². The fraction of sp³-hybridized carbons (Fsp3) is 0.833. The largest absolute Gasteiger partial charge is 0.399 e. The van der Waals surface area contributed by atoms with Gasteiger partial charge < -0.3 is 15.3 Å². The molecular weight excluding hydrogens is 132 g/mol. The lowest BCUT2D eigenvalue weighted by molar-refractivity contribution is 0.212. The van der Waals surface area contributed by atoms with Gasteiger partial charge in [0.15, 0.2) is 0 Å². The van der Waals surface area contributed by atoms with Crippen molar-refractivity contribution >= 4 is 5.71 Å². The molecule has 0 atom stereocenters. The normalized spacial score (nSPS) is 11.7. The fourth-order valence-electron chi connectivity index (χ4n) is 0.536. The van der Waals surface area contributed by atoms with Gasteiger partial charge in [0, 0.05) is 13.1 Å². The van der Waals surface area contributed by atoms with Crippen LogP contribution in [0.2, 0.25) is 0 Å². The molecule has 0 aromatic heterocycles. The van der Waals surface area contributed by atoms with E-state index in [1.54, 1.807) is 0 Å². The van der Waals surface area contributed by atoms with Gasteiger partial charge in [-0.2, -0.15) is 0 Å². The summed E-state index contributed by atoms with van der Waals surface area (Å²) in [7, 11) is 1.51. The summed E-state index contributed by atoms with van der Waals surface area (Å²) >= 11 is 0. The Labute approximate surface area is 60.9 Å². The monoisotopic (exact) mass is 146 g/mol. The molecule has 0 unspecified atom stereocenters. The van der Waals surface area contributed by atoms with Crippen molar-refractivity contribution in [3.8, 4) is 0 Å². The van der Waals surface area contributed by atoms with E-state index in [-0.39, 0.29) is 6.61 Å². The smallest absolute Gasteiger partial charge is 0.106 e. The predicted molar refractivity (Wildman–Crippen MR) is 40.1 cm³/mol. The highest BCUT2D eigenvalue weighted by Gasteiger charge is 1.88. The van der Waals surface area contributed by atoms with Crippen LogP contribution in [0.15, 0.2) is 5.16 Å². The minimum Gasteiger partial charge on any atom is -0.399 e. The van der Waals surface area contributed by atoms with Crippen LogP contribution in [-0.4, -0.2) is 37.6 Å². The van der Waals surface area contributed by atoms with E-state index in [9.17, 15) is 0 Å². The van der Waals surface area contributed by atoms with Gasteiger partial charge in [0.05, 0.1) is 12.3 Å². The molecule has 0 amide bonds. The average molecular weight is 146 g/mol. The van der Waals surface area contributed by atoms with E-state index in [1.807, 2.05) is 6.92 Å². The number of hydrogen-bond acceptors (Lipinski definition) is 4. The first kappa shape index (κ1) is 9.39. The minimum atomic E-state index is 0.153. The Kier molecular flexibility index (Phi) is 6.11. The predicted octanol–water partition coefficient (Wildman–Crippen LogP) is -0.409. The Morgan fingerprint density at radius 3 is 2.90 bits per heavy atom. The molecule has 0 aliphatic heterocycles. The molecule has 0 spiro atoms. The molecule has 0 rings (SSSR count). The fourth-order valence-corrected chi connectivity index (χ4v) is 0.536. The van der Waals surface area contributed by atoms with Crippen LogP contribution in [0.1, 0.15) is 6.92 Å². The summed E-state index contributed by atoms with van der Waals surface area (Å²) in [4.78, 5) is 4.52. The van der Waals surface area contributed by atoms with Crippen LogP contribution in [0.3, 0.4) is 0 Å². The van der Waals surface area contributed by atoms with Crippen LogP contribution in [0, 0.1) is 0 Å². The van der Waals surface area contributed by atoms with E-state index < -0.39 is 0 Å². The maximum absolute atomic E-state index is 8.38. The van der Waals surface area contributed by atoms with Gasteiger partial charge in [0.1, 0.15) is 7.11 Å². The number of hydrogen-bond donors (Lipinski definition) is 2. The second-order valence-electron chi connectivity index (χ2n) is 1.91. The Balaban J connectivity index is 3.21. The first-order valence-electron chi connectivity index (χ1n) is 3.19. The van der Waals surface area contributed by atoms with Crippen molar-refractivity contribution in [2.45, 2.75) is 6.92 Å². The van der Waals surface area contributed by atoms with E-state index in [1.165, 1.54) is 7.11 Å². The van der Waals surface area contributed by atoms with Crippen LogP contribution in [0.5, 0.6) is 0 Å². The third kappa shape index (κ3) is 5.53. The summed E-state index contributed by atoms with van der Waals surface area (Å²) in [6.45, 7) is 3.26. The molecule has 10 heavy (non-hydrogen) atoms. The van der Waals surface area contributed by atoms with E-state index in [2.05, 4.69) is 15.3 Å². The highest BCUT2D eigenvalue weighted by Crippen LogP contribution is 1.74. The zero-order valence-electron chi connectivity index (χ0n) is 6.42. The van der Waals surface area contributed by atoms with Gasteiger partial charge in [-0.05, 0) is 6.92 Å². The van der Waals surface area contributed by atoms with Crippen molar-refractivity contribution in [1.82, 2.24) is 5.32 Å². The van der Waals surface area contributed by atoms with Crippen molar-refractivity contribution in [3.63, 3.8) is 0 Å². The molecule has 60 valence electrons. The highest BCUT2D eigenvalue weighted by molar-refractivity contribution is 5.83. The van der Waals surface area contributed by atoms with Gasteiger partial charge >= 0.3 is 0 Å². The number of aliphatic hydroxyl groups excluding tert-OH is 1. The van der Waals surface area contributed by atoms with Crippen LogP contribution >= 0.6 is 0 Å². The molecule has 0 fully saturated rings. The van der Waals surface area contributed by atoms with Crippen molar-refractivity contribution in [3.05, 3.63) is 0 Å². The second-order valence-corrected chi connectivity index (χ2v) is 1.91. The number of nitrogens with zero attached hydrogens (tertiary/aromatic N) is 1.